The highest BCUT2D eigenvalue weighted by atomic mass is 19.3. The summed E-state index contributed by atoms with van der Waals surface area (Å²) in [5, 5.41) is 9.59. The molecule has 0 radical (unpaired) electrons. The van der Waals surface area contributed by atoms with Gasteiger partial charge in [-0.1, -0.05) is 17.3 Å². The number of carbonyl (C=O) groups is 1. The number of hydrogen-bond donors (Lipinski definition) is 2. The fourth-order valence-electron chi connectivity index (χ4n) is 3.29. The molecule has 8 heteroatoms. The number of benzene rings is 1. The molecule has 2 aliphatic carbocycles. The first-order chi connectivity index (χ1) is 12.1. The Bertz CT molecular complexity index is 789. The van der Waals surface area contributed by atoms with Crippen molar-refractivity contribution in [1.82, 2.24) is 20.8 Å². The Morgan fingerprint density at radius 2 is 2.08 bits per heavy atom. The van der Waals surface area contributed by atoms with Gasteiger partial charge in [0.1, 0.15) is 0 Å². The molecule has 1 heterocycles. The summed E-state index contributed by atoms with van der Waals surface area (Å²) < 4.78 is 29.7. The summed E-state index contributed by atoms with van der Waals surface area (Å²) in [7, 11) is 0. The smallest absolute Gasteiger partial charge is 0.315 e. The minimum Gasteiger partial charge on any atom is -0.335 e. The standard InChI is InChI=1S/C17H18F2N4O2/c18-14(19)16-22-15(23-25-16)10-4-6-12-9(8-10)5-7-13(12)21-17(24)20-11-2-1-3-11/h4,6,8,11,13-14H,1-3,5,7H2,(H2,20,21,24). The van der Waals surface area contributed by atoms with Gasteiger partial charge in [-0.25, -0.2) is 4.79 Å². The van der Waals surface area contributed by atoms with Gasteiger partial charge in [-0.15, -0.1) is 0 Å². The summed E-state index contributed by atoms with van der Waals surface area (Å²) in [5.74, 6) is -0.528. The Labute approximate surface area is 143 Å². The lowest BCUT2D eigenvalue weighted by molar-refractivity contribution is 0.106. The zero-order chi connectivity index (χ0) is 17.4. The summed E-state index contributed by atoms with van der Waals surface area (Å²) in [4.78, 5) is 15.8. The molecule has 1 saturated carbocycles. The lowest BCUT2D eigenvalue weighted by Crippen LogP contribution is -2.45. The van der Waals surface area contributed by atoms with E-state index in [0.29, 0.717) is 11.6 Å². The molecule has 1 aromatic carbocycles. The highest BCUT2D eigenvalue weighted by Crippen LogP contribution is 2.34. The molecular formula is C17H18F2N4O2. The molecule has 0 bridgehead atoms. The maximum Gasteiger partial charge on any atom is 0.315 e. The molecule has 1 atom stereocenters. The van der Waals surface area contributed by atoms with Crippen LogP contribution < -0.4 is 10.6 Å². The Hall–Kier alpha value is -2.51. The van der Waals surface area contributed by atoms with Crippen LogP contribution in [0.3, 0.4) is 0 Å². The van der Waals surface area contributed by atoms with Crippen molar-refractivity contribution >= 4 is 6.03 Å². The molecule has 132 valence electrons. The molecule has 25 heavy (non-hydrogen) atoms. The zero-order valence-electron chi connectivity index (χ0n) is 13.5. The predicted molar refractivity (Wildman–Crippen MR) is 85.1 cm³/mol. The van der Waals surface area contributed by atoms with Crippen molar-refractivity contribution in [2.75, 3.05) is 0 Å². The largest absolute Gasteiger partial charge is 0.335 e. The molecule has 6 nitrogen and oxygen atoms in total. The summed E-state index contributed by atoms with van der Waals surface area (Å²) in [6.45, 7) is 0. The SMILES string of the molecule is O=C(NC1CCC1)NC1CCc2cc(-c3noc(C(F)F)n3)ccc21. The fourth-order valence-corrected chi connectivity index (χ4v) is 3.29. The van der Waals surface area contributed by atoms with E-state index in [9.17, 15) is 13.6 Å². The van der Waals surface area contributed by atoms with Crippen molar-refractivity contribution in [2.45, 2.75) is 50.6 Å². The van der Waals surface area contributed by atoms with E-state index in [1.807, 2.05) is 12.1 Å². The zero-order valence-corrected chi connectivity index (χ0v) is 13.5. The van der Waals surface area contributed by atoms with Crippen LogP contribution >= 0.6 is 0 Å². The molecule has 2 amide bonds. The third-order valence-corrected chi connectivity index (χ3v) is 4.85. The van der Waals surface area contributed by atoms with Crippen molar-refractivity contribution in [1.29, 1.82) is 0 Å². The van der Waals surface area contributed by atoms with Crippen LogP contribution in [0.2, 0.25) is 0 Å². The van der Waals surface area contributed by atoms with Crippen LogP contribution in [0.5, 0.6) is 0 Å². The van der Waals surface area contributed by atoms with E-state index < -0.39 is 12.3 Å². The molecular weight excluding hydrogens is 330 g/mol. The number of aryl methyl sites for hydroxylation is 1. The van der Waals surface area contributed by atoms with Gasteiger partial charge >= 0.3 is 12.5 Å². The number of fused-ring (bicyclic) bond motifs is 1. The third-order valence-electron chi connectivity index (χ3n) is 4.85. The average molecular weight is 348 g/mol. The van der Waals surface area contributed by atoms with Gasteiger partial charge in [0.15, 0.2) is 0 Å². The van der Waals surface area contributed by atoms with Gasteiger partial charge in [0.25, 0.3) is 5.89 Å². The van der Waals surface area contributed by atoms with Gasteiger partial charge in [0.05, 0.1) is 6.04 Å². The number of rotatable bonds is 4. The van der Waals surface area contributed by atoms with E-state index in [2.05, 4.69) is 25.3 Å². The number of alkyl halides is 2. The van der Waals surface area contributed by atoms with Gasteiger partial charge < -0.3 is 15.2 Å². The second kappa shape index (κ2) is 6.42. The number of hydrogen-bond acceptors (Lipinski definition) is 4. The number of nitrogens with one attached hydrogen (secondary N) is 2. The van der Waals surface area contributed by atoms with E-state index in [4.69, 9.17) is 0 Å². The van der Waals surface area contributed by atoms with Crippen molar-refractivity contribution in [3.8, 4) is 11.4 Å². The van der Waals surface area contributed by atoms with Gasteiger partial charge in [0.2, 0.25) is 5.82 Å². The van der Waals surface area contributed by atoms with Crippen molar-refractivity contribution in [3.05, 3.63) is 35.2 Å². The average Bonchev–Trinajstić information content (AvgIpc) is 3.18. The number of aromatic nitrogens is 2. The molecule has 1 fully saturated rings. The van der Waals surface area contributed by atoms with E-state index in [1.54, 1.807) is 6.07 Å². The number of halogens is 2. The second-order valence-corrected chi connectivity index (χ2v) is 6.51. The van der Waals surface area contributed by atoms with Crippen molar-refractivity contribution < 1.29 is 18.1 Å². The van der Waals surface area contributed by atoms with Gasteiger partial charge in [0, 0.05) is 11.6 Å². The molecule has 0 spiro atoms. The highest BCUT2D eigenvalue weighted by molar-refractivity contribution is 5.75. The number of nitrogens with zero attached hydrogens (tertiary/aromatic N) is 2. The van der Waals surface area contributed by atoms with Crippen LogP contribution in [0.4, 0.5) is 13.6 Å². The first kappa shape index (κ1) is 16.0. The highest BCUT2D eigenvalue weighted by Gasteiger charge is 2.27. The molecule has 2 N–H and O–H groups in total. The normalized spacial score (nSPS) is 19.6. The quantitative estimate of drug-likeness (QED) is 0.886. The van der Waals surface area contributed by atoms with E-state index in [0.717, 1.165) is 36.8 Å². The monoisotopic (exact) mass is 348 g/mol. The van der Waals surface area contributed by atoms with Crippen LogP contribution in [-0.2, 0) is 6.42 Å². The summed E-state index contributed by atoms with van der Waals surface area (Å²) in [5.41, 5.74) is 2.74. The lowest BCUT2D eigenvalue weighted by atomic mass is 9.93. The van der Waals surface area contributed by atoms with Gasteiger partial charge in [-0.2, -0.15) is 13.8 Å². The van der Waals surface area contributed by atoms with E-state index in [-0.39, 0.29) is 17.9 Å². The molecule has 2 aliphatic rings. The minimum atomic E-state index is -2.78. The molecule has 2 aromatic rings. The maximum atomic E-state index is 12.6. The first-order valence-corrected chi connectivity index (χ1v) is 8.42. The first-order valence-electron chi connectivity index (χ1n) is 8.42. The van der Waals surface area contributed by atoms with Gasteiger partial charge in [-0.3, -0.25) is 0 Å². The van der Waals surface area contributed by atoms with E-state index in [1.165, 1.54) is 6.42 Å². The topological polar surface area (TPSA) is 80.0 Å². The van der Waals surface area contributed by atoms with Crippen molar-refractivity contribution in [2.24, 2.45) is 0 Å². The number of carbonyl (C=O) groups excluding carboxylic acids is 1. The summed E-state index contributed by atoms with van der Waals surface area (Å²) >= 11 is 0. The Balaban J connectivity index is 1.46. The van der Waals surface area contributed by atoms with Crippen LogP contribution in [0, 0.1) is 0 Å². The van der Waals surface area contributed by atoms with Crippen LogP contribution in [0.25, 0.3) is 11.4 Å². The second-order valence-electron chi connectivity index (χ2n) is 6.51. The Morgan fingerprint density at radius 1 is 1.24 bits per heavy atom. The summed E-state index contributed by atoms with van der Waals surface area (Å²) in [6.07, 6.45) is 2.09. The third kappa shape index (κ3) is 3.20. The molecule has 1 unspecified atom stereocenters. The fraction of sp³-hybridized carbons (Fsp3) is 0.471. The molecule has 1 aromatic heterocycles. The Kier molecular flexibility index (Phi) is 4.10. The molecule has 0 saturated heterocycles. The Morgan fingerprint density at radius 3 is 2.76 bits per heavy atom. The van der Waals surface area contributed by atoms with E-state index >= 15 is 0 Å². The van der Waals surface area contributed by atoms with Crippen LogP contribution in [0.15, 0.2) is 22.7 Å². The van der Waals surface area contributed by atoms with Crippen molar-refractivity contribution in [3.63, 3.8) is 0 Å². The maximum absolute atomic E-state index is 12.6. The number of amides is 2. The van der Waals surface area contributed by atoms with Gasteiger partial charge in [-0.05, 0) is 49.3 Å². The molecule has 0 aliphatic heterocycles. The summed E-state index contributed by atoms with van der Waals surface area (Å²) in [6, 6.07) is 5.66. The predicted octanol–water partition coefficient (Wildman–Crippen LogP) is 3.51. The number of urea groups is 1. The lowest BCUT2D eigenvalue weighted by Gasteiger charge is -2.27. The van der Waals surface area contributed by atoms with Crippen LogP contribution in [0.1, 0.15) is 55.2 Å². The molecule has 4 rings (SSSR count). The minimum absolute atomic E-state index is 0.0361. The van der Waals surface area contributed by atoms with Crippen LogP contribution in [-0.4, -0.2) is 22.2 Å².